The molecule has 0 aliphatic heterocycles. The lowest BCUT2D eigenvalue weighted by Gasteiger charge is -2.16. The van der Waals surface area contributed by atoms with Crippen LogP contribution in [-0.4, -0.2) is 6.10 Å². The molecule has 3 N–H and O–H groups in total. The Labute approximate surface area is 122 Å². The van der Waals surface area contributed by atoms with E-state index >= 15 is 0 Å². The van der Waals surface area contributed by atoms with E-state index in [2.05, 4.69) is 5.32 Å². The molecular weight excluding hydrogens is 274 g/mol. The van der Waals surface area contributed by atoms with Crippen LogP contribution >= 0.6 is 0 Å². The molecule has 0 saturated heterocycles. The molecule has 0 heterocycles. The van der Waals surface area contributed by atoms with Crippen LogP contribution in [0.25, 0.3) is 0 Å². The second kappa shape index (κ2) is 5.99. The van der Waals surface area contributed by atoms with Crippen LogP contribution < -0.4 is 15.8 Å². The zero-order valence-electron chi connectivity index (χ0n) is 12.2. The first kappa shape index (κ1) is 15.1. The van der Waals surface area contributed by atoms with Gasteiger partial charge in [0.2, 0.25) is 0 Å². The zero-order valence-corrected chi connectivity index (χ0v) is 12.2. The standard InChI is InChI=1S/C16H18F2N2O/c1-9(2)21-13-6-4-5-12(15(13)19)20-16-11(17)8-7-10(3)14(16)18/h4-9,20H,19H2,1-3H3. The van der Waals surface area contributed by atoms with Crippen molar-refractivity contribution in [1.29, 1.82) is 0 Å². The molecule has 0 aliphatic rings. The Bertz CT molecular complexity index is 657. The van der Waals surface area contributed by atoms with Gasteiger partial charge in [0.15, 0.2) is 5.82 Å². The van der Waals surface area contributed by atoms with Crippen molar-refractivity contribution >= 4 is 17.1 Å². The van der Waals surface area contributed by atoms with E-state index in [9.17, 15) is 8.78 Å². The summed E-state index contributed by atoms with van der Waals surface area (Å²) in [6.45, 7) is 5.32. The fourth-order valence-electron chi connectivity index (χ4n) is 1.92. The second-order valence-electron chi connectivity index (χ2n) is 5.06. The molecule has 3 nitrogen and oxygen atoms in total. The van der Waals surface area contributed by atoms with Crippen molar-refractivity contribution in [3.8, 4) is 5.75 Å². The molecule has 0 fully saturated rings. The van der Waals surface area contributed by atoms with Crippen LogP contribution in [0.1, 0.15) is 19.4 Å². The van der Waals surface area contributed by atoms with Gasteiger partial charge in [-0.15, -0.1) is 0 Å². The Hall–Kier alpha value is -2.30. The van der Waals surface area contributed by atoms with E-state index in [1.165, 1.54) is 12.1 Å². The molecule has 21 heavy (non-hydrogen) atoms. The average Bonchev–Trinajstić information content (AvgIpc) is 2.42. The summed E-state index contributed by atoms with van der Waals surface area (Å²) in [5.41, 5.74) is 6.83. The van der Waals surface area contributed by atoms with Gasteiger partial charge in [-0.05, 0) is 44.5 Å². The summed E-state index contributed by atoms with van der Waals surface area (Å²) >= 11 is 0. The van der Waals surface area contributed by atoms with Gasteiger partial charge in [-0.25, -0.2) is 8.78 Å². The third-order valence-corrected chi connectivity index (χ3v) is 2.97. The third kappa shape index (κ3) is 3.24. The number of aryl methyl sites for hydroxylation is 1. The number of nitrogens with two attached hydrogens (primary N) is 1. The first-order valence-corrected chi connectivity index (χ1v) is 6.67. The summed E-state index contributed by atoms with van der Waals surface area (Å²) in [7, 11) is 0. The van der Waals surface area contributed by atoms with E-state index < -0.39 is 11.6 Å². The van der Waals surface area contributed by atoms with Crippen molar-refractivity contribution in [2.24, 2.45) is 0 Å². The number of rotatable bonds is 4. The van der Waals surface area contributed by atoms with Gasteiger partial charge >= 0.3 is 0 Å². The number of nitrogen functional groups attached to an aromatic ring is 1. The highest BCUT2D eigenvalue weighted by atomic mass is 19.1. The van der Waals surface area contributed by atoms with Gasteiger partial charge in [0.05, 0.1) is 17.5 Å². The molecule has 0 bridgehead atoms. The van der Waals surface area contributed by atoms with E-state index in [0.717, 1.165) is 0 Å². The molecule has 0 amide bonds. The van der Waals surface area contributed by atoms with E-state index in [1.54, 1.807) is 25.1 Å². The van der Waals surface area contributed by atoms with Crippen LogP contribution in [0.3, 0.4) is 0 Å². The van der Waals surface area contributed by atoms with E-state index in [-0.39, 0.29) is 11.8 Å². The number of benzene rings is 2. The van der Waals surface area contributed by atoms with Crippen LogP contribution in [0.15, 0.2) is 30.3 Å². The topological polar surface area (TPSA) is 47.3 Å². The summed E-state index contributed by atoms with van der Waals surface area (Å²) in [5.74, 6) is -0.833. The van der Waals surface area contributed by atoms with Gasteiger partial charge in [-0.2, -0.15) is 0 Å². The molecule has 0 atom stereocenters. The van der Waals surface area contributed by atoms with Gasteiger partial charge in [-0.3, -0.25) is 0 Å². The quantitative estimate of drug-likeness (QED) is 0.822. The van der Waals surface area contributed by atoms with E-state index in [4.69, 9.17) is 10.5 Å². The minimum Gasteiger partial charge on any atom is -0.489 e. The fraction of sp³-hybridized carbons (Fsp3) is 0.250. The Balaban J connectivity index is 2.39. The van der Waals surface area contributed by atoms with Gasteiger partial charge in [0.1, 0.15) is 17.3 Å². The molecule has 2 aromatic rings. The zero-order chi connectivity index (χ0) is 15.6. The lowest BCUT2D eigenvalue weighted by molar-refractivity contribution is 0.244. The van der Waals surface area contributed by atoms with Crippen molar-refractivity contribution in [2.45, 2.75) is 26.9 Å². The van der Waals surface area contributed by atoms with Crippen LogP contribution in [0.2, 0.25) is 0 Å². The minimum atomic E-state index is -0.673. The van der Waals surface area contributed by atoms with Gasteiger partial charge in [0, 0.05) is 0 Å². The van der Waals surface area contributed by atoms with Crippen molar-refractivity contribution in [2.75, 3.05) is 11.1 Å². The van der Waals surface area contributed by atoms with Crippen molar-refractivity contribution in [1.82, 2.24) is 0 Å². The lowest BCUT2D eigenvalue weighted by atomic mass is 10.1. The van der Waals surface area contributed by atoms with E-state index in [1.807, 2.05) is 13.8 Å². The number of para-hydroxylation sites is 1. The Kier molecular flexibility index (Phi) is 4.31. The molecule has 2 aromatic carbocycles. The molecule has 0 spiro atoms. The molecule has 0 unspecified atom stereocenters. The second-order valence-corrected chi connectivity index (χ2v) is 5.06. The Morgan fingerprint density at radius 2 is 1.86 bits per heavy atom. The average molecular weight is 292 g/mol. The van der Waals surface area contributed by atoms with E-state index in [0.29, 0.717) is 22.7 Å². The van der Waals surface area contributed by atoms with Crippen LogP contribution in [-0.2, 0) is 0 Å². The highest BCUT2D eigenvalue weighted by molar-refractivity contribution is 5.77. The monoisotopic (exact) mass is 292 g/mol. The maximum atomic E-state index is 14.0. The predicted octanol–water partition coefficient (Wildman–Crippen LogP) is 4.39. The molecule has 5 heteroatoms. The number of halogens is 2. The normalized spacial score (nSPS) is 10.8. The van der Waals surface area contributed by atoms with Crippen molar-refractivity contribution in [3.63, 3.8) is 0 Å². The number of nitrogens with one attached hydrogen (secondary N) is 1. The van der Waals surface area contributed by atoms with Gasteiger partial charge < -0.3 is 15.8 Å². The predicted molar refractivity (Wildman–Crippen MR) is 81.0 cm³/mol. The minimum absolute atomic E-state index is 0.0463. The number of anilines is 3. The molecule has 2 rings (SSSR count). The Morgan fingerprint density at radius 3 is 2.52 bits per heavy atom. The highest BCUT2D eigenvalue weighted by Crippen LogP contribution is 2.34. The molecule has 0 aliphatic carbocycles. The van der Waals surface area contributed by atoms with Crippen LogP contribution in [0.5, 0.6) is 5.75 Å². The van der Waals surface area contributed by atoms with Gasteiger partial charge in [0.25, 0.3) is 0 Å². The van der Waals surface area contributed by atoms with Crippen LogP contribution in [0.4, 0.5) is 25.8 Å². The number of hydrogen-bond acceptors (Lipinski definition) is 3. The third-order valence-electron chi connectivity index (χ3n) is 2.97. The molecular formula is C16H18F2N2O. The summed E-state index contributed by atoms with van der Waals surface area (Å²) in [4.78, 5) is 0. The largest absolute Gasteiger partial charge is 0.489 e. The van der Waals surface area contributed by atoms with Crippen molar-refractivity contribution < 1.29 is 13.5 Å². The Morgan fingerprint density at radius 1 is 1.14 bits per heavy atom. The lowest BCUT2D eigenvalue weighted by Crippen LogP contribution is -2.09. The summed E-state index contributed by atoms with van der Waals surface area (Å²) in [6.07, 6.45) is -0.0463. The SMILES string of the molecule is Cc1ccc(F)c(Nc2cccc(OC(C)C)c2N)c1F. The fourth-order valence-corrected chi connectivity index (χ4v) is 1.92. The summed E-state index contributed by atoms with van der Waals surface area (Å²) in [6, 6.07) is 7.66. The highest BCUT2D eigenvalue weighted by Gasteiger charge is 2.14. The summed E-state index contributed by atoms with van der Waals surface area (Å²) in [5, 5.41) is 2.71. The first-order valence-electron chi connectivity index (χ1n) is 6.67. The molecule has 0 radical (unpaired) electrons. The van der Waals surface area contributed by atoms with Crippen LogP contribution in [0, 0.1) is 18.6 Å². The molecule has 112 valence electrons. The maximum Gasteiger partial charge on any atom is 0.152 e. The first-order chi connectivity index (χ1) is 9.90. The number of ether oxygens (including phenoxy) is 1. The molecule has 0 aromatic heterocycles. The number of hydrogen-bond donors (Lipinski definition) is 2. The van der Waals surface area contributed by atoms with Crippen molar-refractivity contribution in [3.05, 3.63) is 47.5 Å². The molecule has 0 saturated carbocycles. The smallest absolute Gasteiger partial charge is 0.152 e. The van der Waals surface area contributed by atoms with Gasteiger partial charge in [-0.1, -0.05) is 12.1 Å². The maximum absolute atomic E-state index is 14.0. The summed E-state index contributed by atoms with van der Waals surface area (Å²) < 4.78 is 33.4.